The first-order valence-electron chi connectivity index (χ1n) is 9.05. The Labute approximate surface area is 164 Å². The summed E-state index contributed by atoms with van der Waals surface area (Å²) >= 11 is 0. The molecule has 1 heterocycles. The van der Waals surface area contributed by atoms with Crippen molar-refractivity contribution in [3.05, 3.63) is 46.9 Å². The summed E-state index contributed by atoms with van der Waals surface area (Å²) in [5.41, 5.74) is 1.31. The highest BCUT2D eigenvalue weighted by atomic mass is 19.1. The SMILES string of the molecule is CC.CC(=O)c1cc(C(=O)NCC(O)CO)c(Nc2ccc(C)cc2F)n1C. The van der Waals surface area contributed by atoms with Crippen LogP contribution < -0.4 is 10.6 Å². The minimum atomic E-state index is -1.10. The predicted molar refractivity (Wildman–Crippen MR) is 107 cm³/mol. The second kappa shape index (κ2) is 10.6. The van der Waals surface area contributed by atoms with E-state index < -0.39 is 24.4 Å². The third-order valence-corrected chi connectivity index (χ3v) is 3.92. The number of carbonyl (C=O) groups excluding carboxylic acids is 2. The first kappa shape index (κ1) is 23.3. The lowest BCUT2D eigenvalue weighted by atomic mass is 10.2. The van der Waals surface area contributed by atoms with Gasteiger partial charge in [-0.05, 0) is 30.7 Å². The van der Waals surface area contributed by atoms with Crippen LogP contribution in [0.25, 0.3) is 0 Å². The number of Topliss-reactive ketones (excluding diaryl/α,β-unsaturated/α-hetero) is 1. The first-order chi connectivity index (χ1) is 13.2. The Balaban J connectivity index is 0.00000190. The third-order valence-electron chi connectivity index (χ3n) is 3.92. The minimum Gasteiger partial charge on any atom is -0.394 e. The Bertz CT molecular complexity index is 833. The lowest BCUT2D eigenvalue weighted by Gasteiger charge is -2.13. The molecule has 0 aliphatic rings. The van der Waals surface area contributed by atoms with Crippen LogP contribution in [-0.2, 0) is 7.05 Å². The number of halogens is 1. The van der Waals surface area contributed by atoms with Crippen LogP contribution in [0.3, 0.4) is 0 Å². The van der Waals surface area contributed by atoms with Crippen LogP contribution in [0.5, 0.6) is 0 Å². The molecule has 1 unspecified atom stereocenters. The molecule has 1 aromatic heterocycles. The van der Waals surface area contributed by atoms with Gasteiger partial charge in [-0.25, -0.2) is 4.39 Å². The molecule has 8 heteroatoms. The number of aliphatic hydroxyl groups excluding tert-OH is 2. The molecule has 2 rings (SSSR count). The van der Waals surface area contributed by atoms with Crippen molar-refractivity contribution in [3.8, 4) is 0 Å². The average molecular weight is 393 g/mol. The number of hydrogen-bond acceptors (Lipinski definition) is 5. The average Bonchev–Trinajstić information content (AvgIpc) is 3.00. The van der Waals surface area contributed by atoms with Crippen LogP contribution in [0.15, 0.2) is 24.3 Å². The standard InChI is InChI=1S/C18H22FN3O4.C2H6/c1-10-4-5-15(14(19)6-10)21-17-13(7-16(11(2)24)22(17)3)18(26)20-8-12(25)9-23;1-2/h4-7,12,21,23,25H,8-9H2,1-3H3,(H,20,26);1-2H3. The first-order valence-corrected chi connectivity index (χ1v) is 9.05. The smallest absolute Gasteiger partial charge is 0.255 e. The van der Waals surface area contributed by atoms with Crippen LogP contribution in [-0.4, -0.2) is 45.7 Å². The number of anilines is 2. The van der Waals surface area contributed by atoms with Crippen molar-refractivity contribution in [1.82, 2.24) is 9.88 Å². The fourth-order valence-electron chi connectivity index (χ4n) is 2.48. The molecule has 7 nitrogen and oxygen atoms in total. The number of aryl methyl sites for hydroxylation is 1. The molecule has 0 saturated carbocycles. The van der Waals surface area contributed by atoms with Gasteiger partial charge in [-0.1, -0.05) is 19.9 Å². The predicted octanol–water partition coefficient (Wildman–Crippen LogP) is 2.53. The van der Waals surface area contributed by atoms with Gasteiger partial charge in [0.1, 0.15) is 11.6 Å². The van der Waals surface area contributed by atoms with Gasteiger partial charge in [-0.3, -0.25) is 9.59 Å². The lowest BCUT2D eigenvalue weighted by molar-refractivity contribution is 0.0802. The maximum Gasteiger partial charge on any atom is 0.255 e. The Morgan fingerprint density at radius 2 is 1.89 bits per heavy atom. The summed E-state index contributed by atoms with van der Waals surface area (Å²) in [4.78, 5) is 24.2. The normalized spacial score (nSPS) is 11.3. The van der Waals surface area contributed by atoms with E-state index in [2.05, 4.69) is 10.6 Å². The van der Waals surface area contributed by atoms with Crippen molar-refractivity contribution in [3.63, 3.8) is 0 Å². The van der Waals surface area contributed by atoms with E-state index in [4.69, 9.17) is 5.11 Å². The summed E-state index contributed by atoms with van der Waals surface area (Å²) in [5, 5.41) is 23.5. The van der Waals surface area contributed by atoms with Crippen molar-refractivity contribution in [1.29, 1.82) is 0 Å². The lowest BCUT2D eigenvalue weighted by Crippen LogP contribution is -2.34. The van der Waals surface area contributed by atoms with Gasteiger partial charge in [-0.15, -0.1) is 0 Å². The van der Waals surface area contributed by atoms with Crippen LogP contribution >= 0.6 is 0 Å². The highest BCUT2D eigenvalue weighted by Gasteiger charge is 2.22. The van der Waals surface area contributed by atoms with Gasteiger partial charge < -0.3 is 25.4 Å². The van der Waals surface area contributed by atoms with E-state index in [1.54, 1.807) is 26.1 Å². The number of aromatic nitrogens is 1. The van der Waals surface area contributed by atoms with E-state index in [-0.39, 0.29) is 35.1 Å². The van der Waals surface area contributed by atoms with E-state index in [1.807, 2.05) is 13.8 Å². The van der Waals surface area contributed by atoms with E-state index in [9.17, 15) is 19.1 Å². The summed E-state index contributed by atoms with van der Waals surface area (Å²) < 4.78 is 15.6. The Hall–Kier alpha value is -2.71. The zero-order valence-electron chi connectivity index (χ0n) is 16.8. The molecular formula is C20H28FN3O4. The van der Waals surface area contributed by atoms with Crippen molar-refractivity contribution in [2.45, 2.75) is 33.8 Å². The van der Waals surface area contributed by atoms with Crippen molar-refractivity contribution in [2.75, 3.05) is 18.5 Å². The maximum absolute atomic E-state index is 14.2. The minimum absolute atomic E-state index is 0.128. The van der Waals surface area contributed by atoms with Crippen LogP contribution in [0.1, 0.15) is 47.2 Å². The summed E-state index contributed by atoms with van der Waals surface area (Å²) in [7, 11) is 1.59. The number of ketones is 1. The topological polar surface area (TPSA) is 104 Å². The largest absolute Gasteiger partial charge is 0.394 e. The van der Waals surface area contributed by atoms with Crippen LogP contribution in [0.4, 0.5) is 15.9 Å². The number of benzene rings is 1. The summed E-state index contributed by atoms with van der Waals surface area (Å²) in [6, 6.07) is 6.02. The Morgan fingerprint density at radius 3 is 2.43 bits per heavy atom. The van der Waals surface area contributed by atoms with Gasteiger partial charge >= 0.3 is 0 Å². The van der Waals surface area contributed by atoms with E-state index in [0.717, 1.165) is 5.56 Å². The zero-order chi connectivity index (χ0) is 21.4. The van der Waals surface area contributed by atoms with Crippen molar-refractivity contribution >= 4 is 23.2 Å². The van der Waals surface area contributed by atoms with Crippen molar-refractivity contribution < 1.29 is 24.2 Å². The molecular weight excluding hydrogens is 365 g/mol. The molecule has 1 atom stereocenters. The van der Waals surface area contributed by atoms with Crippen molar-refractivity contribution in [2.24, 2.45) is 7.05 Å². The molecule has 0 aliphatic carbocycles. The summed E-state index contributed by atoms with van der Waals surface area (Å²) in [6.45, 7) is 6.47. The van der Waals surface area contributed by atoms with Gasteiger partial charge in [0.25, 0.3) is 5.91 Å². The molecule has 2 aromatic rings. The van der Waals surface area contributed by atoms with Gasteiger partial charge in [0, 0.05) is 20.5 Å². The van der Waals surface area contributed by atoms with E-state index >= 15 is 0 Å². The monoisotopic (exact) mass is 393 g/mol. The zero-order valence-corrected chi connectivity index (χ0v) is 16.8. The summed E-state index contributed by atoms with van der Waals surface area (Å²) in [5.74, 6) is -1.06. The van der Waals surface area contributed by atoms with E-state index in [1.165, 1.54) is 23.6 Å². The molecule has 0 fully saturated rings. The molecule has 0 bridgehead atoms. The number of nitrogens with one attached hydrogen (secondary N) is 2. The Kier molecular flexibility index (Phi) is 8.81. The van der Waals surface area contributed by atoms with Gasteiger partial charge in [0.05, 0.1) is 29.7 Å². The molecule has 4 N–H and O–H groups in total. The summed E-state index contributed by atoms with van der Waals surface area (Å²) in [6.07, 6.45) is -1.10. The molecule has 1 aromatic carbocycles. The maximum atomic E-state index is 14.2. The van der Waals surface area contributed by atoms with Gasteiger partial charge in [0.2, 0.25) is 0 Å². The molecule has 0 saturated heterocycles. The molecule has 0 radical (unpaired) electrons. The second-order valence-corrected chi connectivity index (χ2v) is 6.06. The third kappa shape index (κ3) is 5.64. The van der Waals surface area contributed by atoms with Crippen LogP contribution in [0.2, 0.25) is 0 Å². The molecule has 28 heavy (non-hydrogen) atoms. The molecule has 0 spiro atoms. The number of rotatable bonds is 7. The number of aliphatic hydroxyl groups is 2. The quantitative estimate of drug-likeness (QED) is 0.541. The van der Waals surface area contributed by atoms with Gasteiger partial charge in [-0.2, -0.15) is 0 Å². The fraction of sp³-hybridized carbons (Fsp3) is 0.400. The number of nitrogens with zero attached hydrogens (tertiary/aromatic N) is 1. The number of hydrogen-bond donors (Lipinski definition) is 4. The molecule has 0 aliphatic heterocycles. The highest BCUT2D eigenvalue weighted by Crippen LogP contribution is 2.27. The Morgan fingerprint density at radius 1 is 1.25 bits per heavy atom. The number of carbonyl (C=O) groups is 2. The molecule has 1 amide bonds. The van der Waals surface area contributed by atoms with E-state index in [0.29, 0.717) is 0 Å². The second-order valence-electron chi connectivity index (χ2n) is 6.06. The fourth-order valence-corrected chi connectivity index (χ4v) is 2.48. The molecule has 154 valence electrons. The highest BCUT2D eigenvalue weighted by molar-refractivity contribution is 6.04. The van der Waals surface area contributed by atoms with Crippen LogP contribution in [0, 0.1) is 12.7 Å². The van der Waals surface area contributed by atoms with Gasteiger partial charge in [0.15, 0.2) is 5.78 Å². The number of amides is 1.